The fraction of sp³-hybridized carbons (Fsp3) is 0.0625. The molecule has 0 saturated heterocycles. The first-order valence-corrected chi connectivity index (χ1v) is 6.51. The summed E-state index contributed by atoms with van der Waals surface area (Å²) in [6.07, 6.45) is 0. The van der Waals surface area contributed by atoms with Gasteiger partial charge in [-0.2, -0.15) is 12.6 Å². The zero-order valence-corrected chi connectivity index (χ0v) is 11.3. The number of para-hydroxylation sites is 1. The number of thiol groups is 1. The highest BCUT2D eigenvalue weighted by molar-refractivity contribution is 7.80. The molecule has 0 radical (unpaired) electrons. The van der Waals surface area contributed by atoms with Gasteiger partial charge in [0.05, 0.1) is 0 Å². The van der Waals surface area contributed by atoms with Crippen LogP contribution in [-0.2, 0) is 4.79 Å². The molecule has 0 bridgehead atoms. The summed E-state index contributed by atoms with van der Waals surface area (Å²) in [6, 6.07) is 17.2. The molecule has 2 nitrogen and oxygen atoms in total. The van der Waals surface area contributed by atoms with Crippen molar-refractivity contribution in [1.29, 1.82) is 0 Å². The van der Waals surface area contributed by atoms with Gasteiger partial charge in [-0.05, 0) is 11.6 Å². The van der Waals surface area contributed by atoms with E-state index in [-0.39, 0.29) is 5.75 Å². The fourth-order valence-corrected chi connectivity index (χ4v) is 1.78. The summed E-state index contributed by atoms with van der Waals surface area (Å²) < 4.78 is 5.37. The van der Waals surface area contributed by atoms with Crippen LogP contribution in [0.25, 0.3) is 11.1 Å². The third-order valence-corrected chi connectivity index (χ3v) is 3.04. The Kier molecular flexibility index (Phi) is 4.42. The van der Waals surface area contributed by atoms with Crippen molar-refractivity contribution in [1.82, 2.24) is 0 Å². The third kappa shape index (κ3) is 3.26. The minimum Gasteiger partial charge on any atom is -0.422 e. The summed E-state index contributed by atoms with van der Waals surface area (Å²) in [6.45, 7) is 3.62. The Balaban J connectivity index is 2.32. The minimum atomic E-state index is -0.446. The van der Waals surface area contributed by atoms with Gasteiger partial charge >= 0.3 is 5.97 Å². The van der Waals surface area contributed by atoms with Crippen LogP contribution >= 0.6 is 12.6 Å². The molecule has 0 aliphatic rings. The molecule has 0 aliphatic carbocycles. The lowest BCUT2D eigenvalue weighted by molar-refractivity contribution is -0.129. The number of ether oxygens (including phenoxy) is 1. The first-order valence-electron chi connectivity index (χ1n) is 5.87. The van der Waals surface area contributed by atoms with E-state index in [1.165, 1.54) is 0 Å². The molecule has 0 heterocycles. The quantitative estimate of drug-likeness (QED) is 0.396. The topological polar surface area (TPSA) is 26.3 Å². The molecule has 0 N–H and O–H groups in total. The highest BCUT2D eigenvalue weighted by Gasteiger charge is 2.12. The molecule has 0 spiro atoms. The third-order valence-electron chi connectivity index (χ3n) is 2.65. The van der Waals surface area contributed by atoms with Crippen LogP contribution in [-0.4, -0.2) is 11.7 Å². The van der Waals surface area contributed by atoms with E-state index in [1.807, 2.05) is 48.5 Å². The summed E-state index contributed by atoms with van der Waals surface area (Å²) in [5.74, 6) is 0.367. The first kappa shape index (κ1) is 13.4. The molecule has 0 aliphatic heterocycles. The van der Waals surface area contributed by atoms with E-state index >= 15 is 0 Å². The molecule has 2 aromatic rings. The predicted molar refractivity (Wildman–Crippen MR) is 80.5 cm³/mol. The van der Waals surface area contributed by atoms with Gasteiger partial charge in [0.15, 0.2) is 0 Å². The van der Waals surface area contributed by atoms with E-state index in [9.17, 15) is 4.79 Å². The number of hydrogen-bond donors (Lipinski definition) is 1. The zero-order chi connectivity index (χ0) is 13.7. The van der Waals surface area contributed by atoms with Crippen LogP contribution in [0.1, 0.15) is 0 Å². The van der Waals surface area contributed by atoms with E-state index in [2.05, 4.69) is 19.2 Å². The average molecular weight is 270 g/mol. The Bertz CT molecular complexity index is 591. The van der Waals surface area contributed by atoms with E-state index < -0.39 is 5.97 Å². The Labute approximate surface area is 118 Å². The maximum atomic E-state index is 11.8. The number of hydrogen-bond acceptors (Lipinski definition) is 3. The van der Waals surface area contributed by atoms with Gasteiger partial charge in [-0.25, -0.2) is 4.79 Å². The Hall–Kier alpha value is -2.00. The number of carbonyl (C=O) groups excluding carboxylic acids is 1. The monoisotopic (exact) mass is 270 g/mol. The number of esters is 1. The maximum absolute atomic E-state index is 11.8. The smallest absolute Gasteiger partial charge is 0.339 e. The summed E-state index contributed by atoms with van der Waals surface area (Å²) >= 11 is 4.02. The van der Waals surface area contributed by atoms with Gasteiger partial charge in [0.1, 0.15) is 5.75 Å². The van der Waals surface area contributed by atoms with Crippen molar-refractivity contribution in [3.63, 3.8) is 0 Å². The molecule has 0 atom stereocenters. The molecule has 96 valence electrons. The number of benzene rings is 2. The molecule has 0 fully saturated rings. The van der Waals surface area contributed by atoms with Crippen molar-refractivity contribution < 1.29 is 9.53 Å². The summed E-state index contributed by atoms with van der Waals surface area (Å²) in [4.78, 5) is 11.8. The highest BCUT2D eigenvalue weighted by atomic mass is 32.1. The number of rotatable bonds is 4. The van der Waals surface area contributed by atoms with Crippen LogP contribution in [0.4, 0.5) is 0 Å². The second-order valence-corrected chi connectivity index (χ2v) is 4.33. The maximum Gasteiger partial charge on any atom is 0.339 e. The molecule has 0 saturated carbocycles. The lowest BCUT2D eigenvalue weighted by Gasteiger charge is -2.10. The second kappa shape index (κ2) is 6.25. The van der Waals surface area contributed by atoms with Crippen LogP contribution in [0, 0.1) is 0 Å². The molecule has 0 aromatic heterocycles. The molecule has 2 rings (SSSR count). The van der Waals surface area contributed by atoms with Crippen LogP contribution in [0.15, 0.2) is 66.7 Å². The van der Waals surface area contributed by atoms with Gasteiger partial charge in [-0.1, -0.05) is 55.1 Å². The Morgan fingerprint density at radius 1 is 1.05 bits per heavy atom. The van der Waals surface area contributed by atoms with Crippen molar-refractivity contribution in [3.05, 3.63) is 66.7 Å². The predicted octanol–water partition coefficient (Wildman–Crippen LogP) is 3.75. The number of carbonyl (C=O) groups is 1. The summed E-state index contributed by atoms with van der Waals surface area (Å²) in [5.41, 5.74) is 2.22. The molecular weight excluding hydrogens is 256 g/mol. The highest BCUT2D eigenvalue weighted by Crippen LogP contribution is 2.29. The standard InChI is InChI=1S/C16H14O2S/c1-12(11-19)16(17)18-15-10-6-5-9-14(15)13-7-3-2-4-8-13/h2-10,19H,1,11H2. The molecule has 2 aromatic carbocycles. The zero-order valence-electron chi connectivity index (χ0n) is 10.4. The van der Waals surface area contributed by atoms with E-state index in [4.69, 9.17) is 4.74 Å². The lowest BCUT2D eigenvalue weighted by atomic mass is 10.1. The minimum absolute atomic E-state index is 0.284. The summed E-state index contributed by atoms with van der Waals surface area (Å²) in [5, 5.41) is 0. The second-order valence-electron chi connectivity index (χ2n) is 4.01. The van der Waals surface area contributed by atoms with Crippen molar-refractivity contribution in [2.75, 3.05) is 5.75 Å². The molecule has 3 heteroatoms. The van der Waals surface area contributed by atoms with E-state index in [0.29, 0.717) is 11.3 Å². The van der Waals surface area contributed by atoms with Crippen molar-refractivity contribution in [2.45, 2.75) is 0 Å². The van der Waals surface area contributed by atoms with Gasteiger partial charge in [0, 0.05) is 16.9 Å². The molecule has 0 amide bonds. The van der Waals surface area contributed by atoms with E-state index in [0.717, 1.165) is 11.1 Å². The first-order chi connectivity index (χ1) is 9.22. The van der Waals surface area contributed by atoms with Crippen molar-refractivity contribution >= 4 is 18.6 Å². The van der Waals surface area contributed by atoms with E-state index in [1.54, 1.807) is 6.07 Å². The van der Waals surface area contributed by atoms with Crippen LogP contribution in [0.2, 0.25) is 0 Å². The lowest BCUT2D eigenvalue weighted by Crippen LogP contribution is -2.11. The van der Waals surface area contributed by atoms with Crippen LogP contribution in [0.5, 0.6) is 5.75 Å². The van der Waals surface area contributed by atoms with Crippen LogP contribution in [0.3, 0.4) is 0 Å². The molecule has 19 heavy (non-hydrogen) atoms. The van der Waals surface area contributed by atoms with Gasteiger partial charge < -0.3 is 4.74 Å². The average Bonchev–Trinajstić information content (AvgIpc) is 2.47. The largest absolute Gasteiger partial charge is 0.422 e. The van der Waals surface area contributed by atoms with Crippen molar-refractivity contribution in [2.24, 2.45) is 0 Å². The normalized spacial score (nSPS) is 9.95. The molecule has 0 unspecified atom stereocenters. The Morgan fingerprint density at radius 2 is 1.68 bits per heavy atom. The van der Waals surface area contributed by atoms with Crippen molar-refractivity contribution in [3.8, 4) is 16.9 Å². The van der Waals surface area contributed by atoms with Crippen LogP contribution < -0.4 is 4.74 Å². The van der Waals surface area contributed by atoms with Gasteiger partial charge in [-0.3, -0.25) is 0 Å². The van der Waals surface area contributed by atoms with Gasteiger partial charge in [0.2, 0.25) is 0 Å². The SMILES string of the molecule is C=C(CS)C(=O)Oc1ccccc1-c1ccccc1. The molecular formula is C16H14O2S. The summed E-state index contributed by atoms with van der Waals surface area (Å²) in [7, 11) is 0. The Morgan fingerprint density at radius 3 is 2.37 bits per heavy atom. The van der Waals surface area contributed by atoms with Gasteiger partial charge in [0.25, 0.3) is 0 Å². The van der Waals surface area contributed by atoms with Gasteiger partial charge in [-0.15, -0.1) is 0 Å². The fourth-order valence-electron chi connectivity index (χ4n) is 1.65.